The van der Waals surface area contributed by atoms with Gasteiger partial charge in [0.1, 0.15) is 29.2 Å². The van der Waals surface area contributed by atoms with E-state index in [4.69, 9.17) is 9.47 Å². The van der Waals surface area contributed by atoms with Gasteiger partial charge in [0.2, 0.25) is 0 Å². The molecule has 1 aromatic carbocycles. The molecule has 2 rings (SSSR count). The first kappa shape index (κ1) is 28.5. The normalized spacial score (nSPS) is 14.2. The molecule has 0 aromatic heterocycles. The third-order valence-corrected chi connectivity index (χ3v) is 9.29. The highest BCUT2D eigenvalue weighted by Gasteiger charge is 2.32. The molecule has 1 aliphatic heterocycles. The minimum atomic E-state index is 0.155. The molecule has 1 heterocycles. The first-order valence-corrected chi connectivity index (χ1v) is 14.4. The van der Waals surface area contributed by atoms with Crippen LogP contribution >= 0.6 is 23.5 Å². The Hall–Kier alpha value is -1.76. The van der Waals surface area contributed by atoms with Crippen LogP contribution in [-0.2, 0) is 0 Å². The Kier molecular flexibility index (Phi) is 12.2. The molecule has 0 saturated carbocycles. The number of nitriles is 2. The highest BCUT2D eigenvalue weighted by molar-refractivity contribution is 8.24. The number of allylic oxidation sites excluding steroid dienone is 1. The molecule has 0 bridgehead atoms. The largest absolute Gasteiger partial charge is 0.492 e. The number of rotatable bonds is 14. The van der Waals surface area contributed by atoms with Crippen molar-refractivity contribution in [1.82, 2.24) is 0 Å². The van der Waals surface area contributed by atoms with Crippen LogP contribution < -0.4 is 9.47 Å². The Labute approximate surface area is 215 Å². The molecule has 6 heteroatoms. The minimum Gasteiger partial charge on any atom is -0.492 e. The maximum Gasteiger partial charge on any atom is 0.150 e. The molecular formula is C28H40N2O2S2. The summed E-state index contributed by atoms with van der Waals surface area (Å²) in [6, 6.07) is 4.11. The Balaban J connectivity index is 2.42. The fraction of sp³-hybridized carbons (Fsp3) is 0.643. The van der Waals surface area contributed by atoms with Gasteiger partial charge < -0.3 is 9.47 Å². The van der Waals surface area contributed by atoms with Gasteiger partial charge in [-0.05, 0) is 49.7 Å². The molecule has 2 atom stereocenters. The lowest BCUT2D eigenvalue weighted by molar-refractivity contribution is 0.217. The lowest BCUT2D eigenvalue weighted by Gasteiger charge is -2.23. The Bertz CT molecular complexity index is 870. The van der Waals surface area contributed by atoms with E-state index in [0.29, 0.717) is 25.0 Å². The smallest absolute Gasteiger partial charge is 0.150 e. The Morgan fingerprint density at radius 2 is 1.18 bits per heavy atom. The molecule has 186 valence electrons. The molecule has 0 fully saturated rings. The van der Waals surface area contributed by atoms with Crippen molar-refractivity contribution in [3.05, 3.63) is 20.9 Å². The zero-order valence-corrected chi connectivity index (χ0v) is 23.4. The van der Waals surface area contributed by atoms with Crippen molar-refractivity contribution in [3.63, 3.8) is 0 Å². The van der Waals surface area contributed by atoms with E-state index < -0.39 is 0 Å². The van der Waals surface area contributed by atoms with Gasteiger partial charge in [0.15, 0.2) is 0 Å². The van der Waals surface area contributed by atoms with Gasteiger partial charge in [-0.15, -0.1) is 0 Å². The van der Waals surface area contributed by atoms with Crippen molar-refractivity contribution in [2.75, 3.05) is 13.2 Å². The molecule has 0 saturated heterocycles. The number of nitrogens with zero attached hydrogens (tertiary/aromatic N) is 2. The van der Waals surface area contributed by atoms with Crippen molar-refractivity contribution in [2.24, 2.45) is 11.8 Å². The SMILES string of the molecule is CCCCC(CC)COc1c(C)c(C)c(OCC(CC)CCCC)c2c1SC(=C(C#N)C#N)S2. The number of thioether (sulfide) groups is 2. The maximum absolute atomic E-state index is 9.47. The number of hydrogen-bond acceptors (Lipinski definition) is 6. The molecule has 1 aliphatic rings. The molecule has 34 heavy (non-hydrogen) atoms. The average molecular weight is 501 g/mol. The summed E-state index contributed by atoms with van der Waals surface area (Å²) in [4.78, 5) is 1.99. The van der Waals surface area contributed by atoms with Gasteiger partial charge in [-0.25, -0.2) is 0 Å². The highest BCUT2D eigenvalue weighted by Crippen LogP contribution is 2.60. The van der Waals surface area contributed by atoms with E-state index in [1.165, 1.54) is 62.0 Å². The summed E-state index contributed by atoms with van der Waals surface area (Å²) in [6.45, 7) is 14.5. The second-order valence-electron chi connectivity index (χ2n) is 9.11. The van der Waals surface area contributed by atoms with E-state index in [1.807, 2.05) is 0 Å². The first-order valence-electron chi connectivity index (χ1n) is 12.8. The fourth-order valence-corrected chi connectivity index (χ4v) is 6.70. The third-order valence-electron chi connectivity index (χ3n) is 6.69. The van der Waals surface area contributed by atoms with Gasteiger partial charge in [0.05, 0.1) is 27.2 Å². The van der Waals surface area contributed by atoms with Gasteiger partial charge in [-0.1, -0.05) is 89.7 Å². The van der Waals surface area contributed by atoms with Crippen LogP contribution in [0.5, 0.6) is 11.5 Å². The van der Waals surface area contributed by atoms with Gasteiger partial charge in [-0.2, -0.15) is 10.5 Å². The summed E-state index contributed by atoms with van der Waals surface area (Å²) >= 11 is 2.96. The van der Waals surface area contributed by atoms with Gasteiger partial charge in [0.25, 0.3) is 0 Å². The van der Waals surface area contributed by atoms with Crippen LogP contribution in [0.1, 0.15) is 90.2 Å². The number of unbranched alkanes of at least 4 members (excludes halogenated alkanes) is 2. The predicted molar refractivity (Wildman–Crippen MR) is 143 cm³/mol. The first-order chi connectivity index (χ1) is 16.4. The van der Waals surface area contributed by atoms with Crippen LogP contribution in [0.15, 0.2) is 19.6 Å². The molecular weight excluding hydrogens is 460 g/mol. The van der Waals surface area contributed by atoms with Gasteiger partial charge >= 0.3 is 0 Å². The number of fused-ring (bicyclic) bond motifs is 1. The number of benzene rings is 1. The summed E-state index contributed by atoms with van der Waals surface area (Å²) in [5.41, 5.74) is 2.33. The average Bonchev–Trinajstić information content (AvgIpc) is 3.28. The van der Waals surface area contributed by atoms with Crippen LogP contribution in [0.2, 0.25) is 0 Å². The maximum atomic E-state index is 9.47. The van der Waals surface area contributed by atoms with Gasteiger partial charge in [-0.3, -0.25) is 0 Å². The molecule has 0 radical (unpaired) electrons. The van der Waals surface area contributed by atoms with E-state index in [0.717, 1.165) is 49.5 Å². The van der Waals surface area contributed by atoms with Crippen molar-refractivity contribution in [2.45, 2.75) is 103 Å². The van der Waals surface area contributed by atoms with E-state index in [2.05, 4.69) is 53.7 Å². The molecule has 1 aromatic rings. The van der Waals surface area contributed by atoms with Crippen LogP contribution in [0.25, 0.3) is 0 Å². The minimum absolute atomic E-state index is 0.155. The Morgan fingerprint density at radius 3 is 1.50 bits per heavy atom. The van der Waals surface area contributed by atoms with Crippen molar-refractivity contribution in [3.8, 4) is 23.6 Å². The van der Waals surface area contributed by atoms with Crippen LogP contribution in [-0.4, -0.2) is 13.2 Å². The monoisotopic (exact) mass is 500 g/mol. The zero-order valence-electron chi connectivity index (χ0n) is 21.8. The summed E-state index contributed by atoms with van der Waals surface area (Å²) in [5.74, 6) is 2.82. The van der Waals surface area contributed by atoms with Crippen LogP contribution in [0.3, 0.4) is 0 Å². The number of hydrogen-bond donors (Lipinski definition) is 0. The quantitative estimate of drug-likeness (QED) is 0.237. The molecule has 0 N–H and O–H groups in total. The zero-order chi connectivity index (χ0) is 25.1. The second kappa shape index (κ2) is 14.6. The fourth-order valence-electron chi connectivity index (χ4n) is 4.04. The Morgan fingerprint density at radius 1 is 0.765 bits per heavy atom. The summed E-state index contributed by atoms with van der Waals surface area (Å²) in [5, 5.41) is 18.9. The topological polar surface area (TPSA) is 66.0 Å². The number of ether oxygens (including phenoxy) is 2. The van der Waals surface area contributed by atoms with Crippen molar-refractivity contribution >= 4 is 23.5 Å². The second-order valence-corrected chi connectivity index (χ2v) is 11.4. The molecule has 0 aliphatic carbocycles. The van der Waals surface area contributed by atoms with E-state index in [-0.39, 0.29) is 5.57 Å². The van der Waals surface area contributed by atoms with Crippen molar-refractivity contribution in [1.29, 1.82) is 10.5 Å². The molecule has 0 amide bonds. The molecule has 4 nitrogen and oxygen atoms in total. The standard InChI is InChI=1S/C28H40N2O2S2/c1-7-11-13-21(9-3)17-31-24-19(5)20(6)25(32-18-22(10-4)14-12-8-2)27-26(24)33-28(34-27)23(15-29)16-30/h21-22H,7-14,17-18H2,1-6H3. The summed E-state index contributed by atoms with van der Waals surface area (Å²) in [6.07, 6.45) is 9.35. The van der Waals surface area contributed by atoms with E-state index >= 15 is 0 Å². The lowest BCUT2D eigenvalue weighted by atomic mass is 10.00. The summed E-state index contributed by atoms with van der Waals surface area (Å²) < 4.78 is 13.7. The van der Waals surface area contributed by atoms with Crippen molar-refractivity contribution < 1.29 is 9.47 Å². The van der Waals surface area contributed by atoms with E-state index in [1.54, 1.807) is 0 Å². The lowest BCUT2D eigenvalue weighted by Crippen LogP contribution is -2.14. The summed E-state index contributed by atoms with van der Waals surface area (Å²) in [7, 11) is 0. The third kappa shape index (κ3) is 7.12. The molecule has 2 unspecified atom stereocenters. The van der Waals surface area contributed by atoms with Crippen LogP contribution in [0.4, 0.5) is 0 Å². The predicted octanol–water partition coefficient (Wildman–Crippen LogP) is 8.95. The molecule has 0 spiro atoms. The van der Waals surface area contributed by atoms with E-state index in [9.17, 15) is 10.5 Å². The van der Waals surface area contributed by atoms with Crippen LogP contribution in [0, 0.1) is 48.3 Å². The highest BCUT2D eigenvalue weighted by atomic mass is 32.2. The van der Waals surface area contributed by atoms with Gasteiger partial charge in [0, 0.05) is 0 Å².